The van der Waals surface area contributed by atoms with Gasteiger partial charge >= 0.3 is 12.0 Å². The van der Waals surface area contributed by atoms with Crippen LogP contribution in [0.4, 0.5) is 16.3 Å². The van der Waals surface area contributed by atoms with Crippen LogP contribution in [-0.4, -0.2) is 68.3 Å². The number of carbonyl (C=O) groups is 2. The highest BCUT2D eigenvalue weighted by atomic mass is 32.2. The minimum absolute atomic E-state index is 0.0868. The van der Waals surface area contributed by atoms with Crippen LogP contribution in [0.5, 0.6) is 0 Å². The molecule has 1 heterocycles. The van der Waals surface area contributed by atoms with Crippen molar-refractivity contribution in [3.05, 3.63) is 30.3 Å². The van der Waals surface area contributed by atoms with E-state index in [4.69, 9.17) is 9.72 Å². The molecule has 3 rings (SSSR count). The molecule has 0 saturated heterocycles. The second kappa shape index (κ2) is 12.0. The van der Waals surface area contributed by atoms with Crippen LogP contribution < -0.4 is 20.9 Å². The number of rotatable bonds is 9. The number of methoxy groups -OCH3 is 1. The number of nitrogens with zero attached hydrogens (tertiary/aromatic N) is 2. The van der Waals surface area contributed by atoms with Gasteiger partial charge in [0, 0.05) is 43.3 Å². The number of thioether (sulfide) groups is 1. The summed E-state index contributed by atoms with van der Waals surface area (Å²) in [7, 11) is 5.42. The molecule has 8 nitrogen and oxygen atoms in total. The number of amides is 2. The molecule has 1 fully saturated rings. The van der Waals surface area contributed by atoms with Crippen molar-refractivity contribution in [2.75, 3.05) is 43.4 Å². The van der Waals surface area contributed by atoms with Crippen LogP contribution in [0, 0.1) is 0 Å². The highest BCUT2D eigenvalue weighted by Gasteiger charge is 2.25. The molecule has 0 radical (unpaired) electrons. The van der Waals surface area contributed by atoms with Gasteiger partial charge in [0.1, 0.15) is 11.9 Å². The normalized spacial score (nSPS) is 18.9. The van der Waals surface area contributed by atoms with Crippen molar-refractivity contribution >= 4 is 46.2 Å². The molecule has 2 amide bonds. The standard InChI is InChI=1S/C24H35N5O3S/c1-29(2)21-15-22(27-19-8-6-5-7-18(19)21)25-16-9-11-17(12-10-16)26-24(31)28-20(13-14-33-4)23(30)32-3/h5-8,15-17,20H,9-14H2,1-4H3,(H,25,27)(H2,26,28,31)/t16?,17?,20-/m0/s1. The van der Waals surface area contributed by atoms with Gasteiger partial charge in [0.2, 0.25) is 0 Å². The first kappa shape index (κ1) is 25.0. The first-order valence-electron chi connectivity index (χ1n) is 11.4. The molecule has 1 atom stereocenters. The van der Waals surface area contributed by atoms with Crippen LogP contribution in [0.25, 0.3) is 10.9 Å². The molecule has 1 aromatic carbocycles. The molecular weight excluding hydrogens is 438 g/mol. The SMILES string of the molecule is COC(=O)[C@H](CCSC)NC(=O)NC1CCC(Nc2cc(N(C)C)c3ccccc3n2)CC1. The maximum absolute atomic E-state index is 12.4. The third kappa shape index (κ3) is 6.90. The number of para-hydroxylation sites is 1. The van der Waals surface area contributed by atoms with E-state index in [2.05, 4.69) is 33.0 Å². The fraction of sp³-hybridized carbons (Fsp3) is 0.542. The average Bonchev–Trinajstić information content (AvgIpc) is 2.81. The number of aromatic nitrogens is 1. The van der Waals surface area contributed by atoms with E-state index in [0.29, 0.717) is 12.5 Å². The van der Waals surface area contributed by atoms with E-state index in [1.807, 2.05) is 38.6 Å². The molecule has 0 bridgehead atoms. The third-order valence-corrected chi connectivity index (χ3v) is 6.64. The Labute approximate surface area is 200 Å². The van der Waals surface area contributed by atoms with Crippen molar-refractivity contribution in [1.82, 2.24) is 15.6 Å². The summed E-state index contributed by atoms with van der Waals surface area (Å²) in [5, 5.41) is 10.5. The number of fused-ring (bicyclic) bond motifs is 1. The molecule has 2 aromatic rings. The third-order valence-electron chi connectivity index (χ3n) is 5.99. The molecule has 33 heavy (non-hydrogen) atoms. The predicted octanol–water partition coefficient (Wildman–Crippen LogP) is 3.62. The van der Waals surface area contributed by atoms with Crippen molar-refractivity contribution in [3.8, 4) is 0 Å². The average molecular weight is 474 g/mol. The van der Waals surface area contributed by atoms with Gasteiger partial charge in [0.15, 0.2) is 0 Å². The Morgan fingerprint density at radius 1 is 1.18 bits per heavy atom. The van der Waals surface area contributed by atoms with Gasteiger partial charge in [-0.15, -0.1) is 0 Å². The topological polar surface area (TPSA) is 95.6 Å². The molecule has 1 aliphatic rings. The lowest BCUT2D eigenvalue weighted by molar-refractivity contribution is -0.142. The van der Waals surface area contributed by atoms with Gasteiger partial charge in [-0.3, -0.25) is 0 Å². The molecule has 1 aliphatic carbocycles. The zero-order valence-corrected chi connectivity index (χ0v) is 20.7. The van der Waals surface area contributed by atoms with E-state index in [0.717, 1.165) is 53.8 Å². The Kier molecular flexibility index (Phi) is 9.05. The van der Waals surface area contributed by atoms with Gasteiger partial charge in [-0.1, -0.05) is 18.2 Å². The van der Waals surface area contributed by atoms with Crippen LogP contribution in [0.2, 0.25) is 0 Å². The quantitative estimate of drug-likeness (QED) is 0.479. The van der Waals surface area contributed by atoms with E-state index in [1.54, 1.807) is 11.8 Å². The highest BCUT2D eigenvalue weighted by molar-refractivity contribution is 7.98. The van der Waals surface area contributed by atoms with Crippen molar-refractivity contribution in [3.63, 3.8) is 0 Å². The summed E-state index contributed by atoms with van der Waals surface area (Å²) < 4.78 is 4.81. The van der Waals surface area contributed by atoms with Gasteiger partial charge < -0.3 is 25.6 Å². The van der Waals surface area contributed by atoms with Gasteiger partial charge in [0.05, 0.1) is 12.6 Å². The first-order chi connectivity index (χ1) is 15.9. The van der Waals surface area contributed by atoms with Crippen molar-refractivity contribution in [1.29, 1.82) is 0 Å². The van der Waals surface area contributed by atoms with Crippen molar-refractivity contribution in [2.45, 2.75) is 50.2 Å². The number of ether oxygens (including phenoxy) is 1. The number of esters is 1. The van der Waals surface area contributed by atoms with Crippen LogP contribution in [-0.2, 0) is 9.53 Å². The summed E-state index contributed by atoms with van der Waals surface area (Å²) in [4.78, 5) is 31.3. The monoisotopic (exact) mass is 473 g/mol. The molecule has 0 aliphatic heterocycles. The Morgan fingerprint density at radius 2 is 1.88 bits per heavy atom. The first-order valence-corrected chi connectivity index (χ1v) is 12.8. The lowest BCUT2D eigenvalue weighted by Gasteiger charge is -2.30. The number of nitrogens with one attached hydrogen (secondary N) is 3. The van der Waals surface area contributed by atoms with Gasteiger partial charge in [0.25, 0.3) is 0 Å². The van der Waals surface area contributed by atoms with Crippen molar-refractivity contribution < 1.29 is 14.3 Å². The summed E-state index contributed by atoms with van der Waals surface area (Å²) in [5.41, 5.74) is 2.11. The summed E-state index contributed by atoms with van der Waals surface area (Å²) in [6, 6.07) is 9.73. The number of hydrogen-bond donors (Lipinski definition) is 3. The summed E-state index contributed by atoms with van der Waals surface area (Å²) in [6.07, 6.45) is 6.12. The Balaban J connectivity index is 1.53. The van der Waals surface area contributed by atoms with E-state index < -0.39 is 12.0 Å². The summed E-state index contributed by atoms with van der Waals surface area (Å²) in [5.74, 6) is 1.24. The van der Waals surface area contributed by atoms with E-state index in [-0.39, 0.29) is 12.1 Å². The number of benzene rings is 1. The number of pyridine rings is 1. The molecule has 1 saturated carbocycles. The van der Waals surface area contributed by atoms with E-state index in [1.165, 1.54) is 7.11 Å². The van der Waals surface area contributed by atoms with Crippen LogP contribution in [0.1, 0.15) is 32.1 Å². The molecule has 3 N–H and O–H groups in total. The fourth-order valence-electron chi connectivity index (χ4n) is 4.20. The molecule has 0 spiro atoms. The smallest absolute Gasteiger partial charge is 0.328 e. The zero-order valence-electron chi connectivity index (χ0n) is 19.9. The Bertz CT molecular complexity index is 947. The van der Waals surface area contributed by atoms with Crippen LogP contribution in [0.3, 0.4) is 0 Å². The lowest BCUT2D eigenvalue weighted by Crippen LogP contribution is -2.50. The number of urea groups is 1. The maximum Gasteiger partial charge on any atom is 0.328 e. The summed E-state index contributed by atoms with van der Waals surface area (Å²) in [6.45, 7) is 0. The molecule has 1 aromatic heterocycles. The van der Waals surface area contributed by atoms with Gasteiger partial charge in [-0.2, -0.15) is 11.8 Å². The van der Waals surface area contributed by atoms with Gasteiger partial charge in [-0.25, -0.2) is 14.6 Å². The largest absolute Gasteiger partial charge is 0.467 e. The highest BCUT2D eigenvalue weighted by Crippen LogP contribution is 2.29. The van der Waals surface area contributed by atoms with Crippen molar-refractivity contribution in [2.24, 2.45) is 0 Å². The van der Waals surface area contributed by atoms with Gasteiger partial charge in [-0.05, 0) is 50.2 Å². The second-order valence-electron chi connectivity index (χ2n) is 8.61. The number of carbonyl (C=O) groups excluding carboxylic acids is 2. The predicted molar refractivity (Wildman–Crippen MR) is 136 cm³/mol. The van der Waals surface area contributed by atoms with Crippen LogP contribution in [0.15, 0.2) is 30.3 Å². The molecular formula is C24H35N5O3S. The van der Waals surface area contributed by atoms with E-state index in [9.17, 15) is 9.59 Å². The zero-order chi connectivity index (χ0) is 23.8. The fourth-order valence-corrected chi connectivity index (χ4v) is 4.68. The molecule has 9 heteroatoms. The van der Waals surface area contributed by atoms with E-state index >= 15 is 0 Å². The lowest BCUT2D eigenvalue weighted by atomic mass is 9.91. The van der Waals surface area contributed by atoms with Crippen LogP contribution >= 0.6 is 11.8 Å². The number of hydrogen-bond acceptors (Lipinski definition) is 7. The minimum Gasteiger partial charge on any atom is -0.467 e. The Morgan fingerprint density at radius 3 is 2.55 bits per heavy atom. The minimum atomic E-state index is -0.620. The summed E-state index contributed by atoms with van der Waals surface area (Å²) >= 11 is 1.63. The Hall–Kier alpha value is -2.68. The maximum atomic E-state index is 12.4. The second-order valence-corrected chi connectivity index (χ2v) is 9.59. The molecule has 0 unspecified atom stereocenters. The molecule has 180 valence electrons. The number of anilines is 2.